The second-order valence-corrected chi connectivity index (χ2v) is 4.67. The summed E-state index contributed by atoms with van der Waals surface area (Å²) in [5.41, 5.74) is -0.197. The Labute approximate surface area is 99.6 Å². The average Bonchev–Trinajstić information content (AvgIpc) is 2.20. The second-order valence-electron chi connectivity index (χ2n) is 3.83. The zero-order valence-corrected chi connectivity index (χ0v) is 10.4. The van der Waals surface area contributed by atoms with Crippen LogP contribution in [0, 0.1) is 0 Å². The van der Waals surface area contributed by atoms with E-state index in [1.165, 1.54) is 0 Å². The summed E-state index contributed by atoms with van der Waals surface area (Å²) in [5.74, 6) is -0.0718. The normalized spacial score (nSPS) is 11.5. The van der Waals surface area contributed by atoms with E-state index < -0.39 is 5.54 Å². The molecule has 4 heteroatoms. The minimum absolute atomic E-state index is 0.0718. The third kappa shape index (κ3) is 2.71. The van der Waals surface area contributed by atoms with E-state index in [0.717, 1.165) is 0 Å². The lowest BCUT2D eigenvalue weighted by atomic mass is 9.93. The first-order chi connectivity index (χ1) is 6.88. The molecule has 82 valence electrons. The topological polar surface area (TPSA) is 29.1 Å². The van der Waals surface area contributed by atoms with Gasteiger partial charge in [0, 0.05) is 10.6 Å². The molecular weight excluding hydrogens is 233 g/mol. The number of benzene rings is 1. The minimum Gasteiger partial charge on any atom is -0.308 e. The van der Waals surface area contributed by atoms with Gasteiger partial charge in [0.25, 0.3) is 0 Å². The summed E-state index contributed by atoms with van der Waals surface area (Å²) in [4.78, 5) is 12.1. The van der Waals surface area contributed by atoms with Crippen LogP contribution in [-0.2, 0) is 0 Å². The number of carbonyl (C=O) groups excluding carboxylic acids is 1. The van der Waals surface area contributed by atoms with Crippen LogP contribution in [0.3, 0.4) is 0 Å². The Kier molecular flexibility index (Phi) is 3.77. The SMILES string of the molecule is CNC(C)(C)C(=O)c1cc(Cl)ccc1Cl. The molecule has 1 rings (SSSR count). The molecule has 15 heavy (non-hydrogen) atoms. The highest BCUT2D eigenvalue weighted by Gasteiger charge is 2.28. The van der Waals surface area contributed by atoms with Gasteiger partial charge in [-0.25, -0.2) is 0 Å². The lowest BCUT2D eigenvalue weighted by molar-refractivity contribution is 0.0890. The van der Waals surface area contributed by atoms with Crippen LogP contribution in [0.25, 0.3) is 0 Å². The van der Waals surface area contributed by atoms with Crippen molar-refractivity contribution < 1.29 is 4.79 Å². The molecule has 1 aromatic rings. The number of carbonyl (C=O) groups is 1. The molecule has 0 aliphatic heterocycles. The summed E-state index contributed by atoms with van der Waals surface area (Å²) in [6.45, 7) is 3.60. The van der Waals surface area contributed by atoms with Crippen LogP contribution in [0.2, 0.25) is 10.0 Å². The molecule has 0 fully saturated rings. The van der Waals surface area contributed by atoms with Crippen molar-refractivity contribution in [1.82, 2.24) is 5.32 Å². The zero-order chi connectivity index (χ0) is 11.6. The summed E-state index contributed by atoms with van der Waals surface area (Å²) in [7, 11) is 1.73. The van der Waals surface area contributed by atoms with E-state index in [4.69, 9.17) is 23.2 Å². The van der Waals surface area contributed by atoms with E-state index in [-0.39, 0.29) is 5.78 Å². The molecule has 0 saturated carbocycles. The third-order valence-corrected chi connectivity index (χ3v) is 2.93. The molecule has 0 aliphatic rings. The van der Waals surface area contributed by atoms with Crippen LogP contribution < -0.4 is 5.32 Å². The first-order valence-corrected chi connectivity index (χ1v) is 5.33. The highest BCUT2D eigenvalue weighted by molar-refractivity contribution is 6.36. The van der Waals surface area contributed by atoms with Crippen molar-refractivity contribution in [3.63, 3.8) is 0 Å². The standard InChI is InChI=1S/C11H13Cl2NO/c1-11(2,14-3)10(15)8-6-7(12)4-5-9(8)13/h4-6,14H,1-3H3. The predicted octanol–water partition coefficient (Wildman–Crippen LogP) is 3.17. The van der Waals surface area contributed by atoms with Gasteiger partial charge in [0.1, 0.15) is 0 Å². The van der Waals surface area contributed by atoms with Crippen molar-refractivity contribution >= 4 is 29.0 Å². The molecule has 0 saturated heterocycles. The van der Waals surface area contributed by atoms with Gasteiger partial charge in [0.15, 0.2) is 5.78 Å². The zero-order valence-electron chi connectivity index (χ0n) is 8.90. The maximum atomic E-state index is 12.1. The van der Waals surface area contributed by atoms with Gasteiger partial charge in [-0.2, -0.15) is 0 Å². The van der Waals surface area contributed by atoms with E-state index in [1.807, 2.05) is 0 Å². The summed E-state index contributed by atoms with van der Waals surface area (Å²) in [5, 5.41) is 3.87. The van der Waals surface area contributed by atoms with E-state index >= 15 is 0 Å². The van der Waals surface area contributed by atoms with Crippen LogP contribution in [0.15, 0.2) is 18.2 Å². The van der Waals surface area contributed by atoms with Gasteiger partial charge >= 0.3 is 0 Å². The van der Waals surface area contributed by atoms with E-state index in [9.17, 15) is 4.79 Å². The lowest BCUT2D eigenvalue weighted by Crippen LogP contribution is -2.44. The largest absolute Gasteiger partial charge is 0.308 e. The average molecular weight is 246 g/mol. The number of nitrogens with one attached hydrogen (secondary N) is 1. The first kappa shape index (κ1) is 12.5. The molecule has 0 amide bonds. The number of hydrogen-bond donors (Lipinski definition) is 1. The van der Waals surface area contributed by atoms with E-state index in [0.29, 0.717) is 15.6 Å². The Balaban J connectivity index is 3.17. The minimum atomic E-state index is -0.645. The molecule has 0 aliphatic carbocycles. The fourth-order valence-corrected chi connectivity index (χ4v) is 1.50. The van der Waals surface area contributed by atoms with Gasteiger partial charge in [0.2, 0.25) is 0 Å². The Hall–Kier alpha value is -0.570. The Bertz CT molecular complexity index is 388. The molecule has 2 nitrogen and oxygen atoms in total. The van der Waals surface area contributed by atoms with Crippen molar-refractivity contribution in [3.8, 4) is 0 Å². The van der Waals surface area contributed by atoms with Crippen molar-refractivity contribution in [2.75, 3.05) is 7.05 Å². The van der Waals surface area contributed by atoms with E-state index in [1.54, 1.807) is 39.1 Å². The third-order valence-electron chi connectivity index (χ3n) is 2.37. The van der Waals surface area contributed by atoms with Crippen LogP contribution >= 0.6 is 23.2 Å². The van der Waals surface area contributed by atoms with Gasteiger partial charge in [-0.3, -0.25) is 4.79 Å². The molecule has 0 radical (unpaired) electrons. The maximum Gasteiger partial charge on any atom is 0.183 e. The number of rotatable bonds is 3. The molecule has 1 aromatic carbocycles. The maximum absolute atomic E-state index is 12.1. The lowest BCUT2D eigenvalue weighted by Gasteiger charge is -2.22. The quantitative estimate of drug-likeness (QED) is 0.830. The predicted molar refractivity (Wildman–Crippen MR) is 63.9 cm³/mol. The van der Waals surface area contributed by atoms with Crippen molar-refractivity contribution in [2.45, 2.75) is 19.4 Å². The van der Waals surface area contributed by atoms with Gasteiger partial charge in [-0.05, 0) is 39.1 Å². The second kappa shape index (κ2) is 4.52. The summed E-state index contributed by atoms with van der Waals surface area (Å²) in [6.07, 6.45) is 0. The highest BCUT2D eigenvalue weighted by atomic mass is 35.5. The van der Waals surface area contributed by atoms with Crippen LogP contribution in [0.1, 0.15) is 24.2 Å². The highest BCUT2D eigenvalue weighted by Crippen LogP contribution is 2.24. The fraction of sp³-hybridized carbons (Fsp3) is 0.364. The molecular formula is C11H13Cl2NO. The first-order valence-electron chi connectivity index (χ1n) is 4.57. The molecule has 0 spiro atoms. The van der Waals surface area contributed by atoms with Gasteiger partial charge in [0.05, 0.1) is 10.6 Å². The molecule has 0 heterocycles. The Morgan fingerprint density at radius 3 is 2.47 bits per heavy atom. The Morgan fingerprint density at radius 2 is 1.93 bits per heavy atom. The van der Waals surface area contributed by atoms with E-state index in [2.05, 4.69) is 5.32 Å². The van der Waals surface area contributed by atoms with Crippen LogP contribution in [0.4, 0.5) is 0 Å². The molecule has 1 N–H and O–H groups in total. The van der Waals surface area contributed by atoms with Gasteiger partial charge in [-0.1, -0.05) is 23.2 Å². The molecule has 0 atom stereocenters. The molecule has 0 bridgehead atoms. The summed E-state index contributed by atoms with van der Waals surface area (Å²) in [6, 6.07) is 4.88. The fourth-order valence-electron chi connectivity index (χ4n) is 1.12. The van der Waals surface area contributed by atoms with Crippen LogP contribution in [-0.4, -0.2) is 18.4 Å². The smallest absolute Gasteiger partial charge is 0.183 e. The Morgan fingerprint density at radius 1 is 1.33 bits per heavy atom. The number of halogens is 2. The number of hydrogen-bond acceptors (Lipinski definition) is 2. The number of ketones is 1. The van der Waals surface area contributed by atoms with Crippen molar-refractivity contribution in [3.05, 3.63) is 33.8 Å². The van der Waals surface area contributed by atoms with Gasteiger partial charge < -0.3 is 5.32 Å². The van der Waals surface area contributed by atoms with Crippen molar-refractivity contribution in [1.29, 1.82) is 0 Å². The van der Waals surface area contributed by atoms with Crippen molar-refractivity contribution in [2.24, 2.45) is 0 Å². The molecule has 0 aromatic heterocycles. The van der Waals surface area contributed by atoms with Gasteiger partial charge in [-0.15, -0.1) is 0 Å². The number of Topliss-reactive ketones (excluding diaryl/α,β-unsaturated/α-hetero) is 1. The summed E-state index contributed by atoms with van der Waals surface area (Å²) < 4.78 is 0. The monoisotopic (exact) mass is 245 g/mol. The van der Waals surface area contributed by atoms with Crippen LogP contribution in [0.5, 0.6) is 0 Å². The molecule has 0 unspecified atom stereocenters. The number of likely N-dealkylation sites (N-methyl/N-ethyl adjacent to an activating group) is 1. The summed E-state index contributed by atoms with van der Waals surface area (Å²) >= 11 is 11.8.